The van der Waals surface area contributed by atoms with E-state index in [1.807, 2.05) is 36.4 Å². The summed E-state index contributed by atoms with van der Waals surface area (Å²) in [5.74, 6) is 0.810. The molecule has 0 fully saturated rings. The molecule has 0 aliphatic rings. The van der Waals surface area contributed by atoms with Crippen molar-refractivity contribution in [1.82, 2.24) is 4.98 Å². The van der Waals surface area contributed by atoms with Crippen LogP contribution in [0.4, 0.5) is 5.69 Å². The molecule has 0 spiro atoms. The van der Waals surface area contributed by atoms with Crippen LogP contribution < -0.4 is 4.74 Å². The number of hydrogen-bond donors (Lipinski definition) is 0. The lowest BCUT2D eigenvalue weighted by Crippen LogP contribution is -1.85. The van der Waals surface area contributed by atoms with Crippen LogP contribution in [0, 0.1) is 10.1 Å². The Morgan fingerprint density at radius 3 is 2.64 bits per heavy atom. The maximum absolute atomic E-state index is 10.8. The van der Waals surface area contributed by atoms with Gasteiger partial charge < -0.3 is 4.74 Å². The number of methoxy groups -OCH3 is 1. The first-order chi connectivity index (χ1) is 10.7. The number of non-ortho nitro benzene ring substituents is 1. The van der Waals surface area contributed by atoms with Crippen LogP contribution in [0.15, 0.2) is 42.5 Å². The molecule has 6 heteroatoms. The van der Waals surface area contributed by atoms with Gasteiger partial charge in [0.25, 0.3) is 5.69 Å². The van der Waals surface area contributed by atoms with E-state index in [0.717, 1.165) is 26.5 Å². The van der Waals surface area contributed by atoms with Crippen molar-refractivity contribution in [3.8, 4) is 5.75 Å². The first-order valence-electron chi connectivity index (χ1n) is 6.53. The molecule has 0 saturated heterocycles. The average Bonchev–Trinajstić information content (AvgIpc) is 2.95. The number of nitrogens with zero attached hydrogens (tertiary/aromatic N) is 2. The zero-order valence-electron chi connectivity index (χ0n) is 11.7. The topological polar surface area (TPSA) is 65.3 Å². The minimum absolute atomic E-state index is 0.0850. The molecule has 0 unspecified atom stereocenters. The molecule has 2 aromatic carbocycles. The molecule has 0 N–H and O–H groups in total. The van der Waals surface area contributed by atoms with Crippen molar-refractivity contribution in [2.24, 2.45) is 0 Å². The first-order valence-corrected chi connectivity index (χ1v) is 7.34. The van der Waals surface area contributed by atoms with Crippen molar-refractivity contribution in [2.75, 3.05) is 7.11 Å². The Morgan fingerprint density at radius 2 is 1.95 bits per heavy atom. The molecule has 22 heavy (non-hydrogen) atoms. The van der Waals surface area contributed by atoms with Crippen molar-refractivity contribution >= 4 is 39.4 Å². The fourth-order valence-electron chi connectivity index (χ4n) is 2.00. The number of ether oxygens (including phenoxy) is 1. The van der Waals surface area contributed by atoms with E-state index in [4.69, 9.17) is 4.74 Å². The standard InChI is InChI=1S/C16H12N2O3S/c1-21-13-6-2-11(3-7-13)4-9-16-17-14-8-5-12(18(19)20)10-15(14)22-16/h2-10H,1H3/b9-4+. The van der Waals surface area contributed by atoms with Gasteiger partial charge in [-0.3, -0.25) is 10.1 Å². The van der Waals surface area contributed by atoms with Gasteiger partial charge in [-0.1, -0.05) is 18.2 Å². The lowest BCUT2D eigenvalue weighted by Gasteiger charge is -1.98. The molecular weight excluding hydrogens is 300 g/mol. The normalized spacial score (nSPS) is 11.1. The molecule has 3 aromatic rings. The van der Waals surface area contributed by atoms with Crippen molar-refractivity contribution in [3.05, 3.63) is 63.1 Å². The number of hydrogen-bond acceptors (Lipinski definition) is 5. The lowest BCUT2D eigenvalue weighted by molar-refractivity contribution is -0.384. The van der Waals surface area contributed by atoms with Gasteiger partial charge in [-0.25, -0.2) is 4.98 Å². The molecule has 0 radical (unpaired) electrons. The van der Waals surface area contributed by atoms with Crippen LogP contribution in [0.5, 0.6) is 5.75 Å². The zero-order chi connectivity index (χ0) is 15.5. The molecule has 0 aliphatic carbocycles. The van der Waals surface area contributed by atoms with Gasteiger partial charge in [-0.05, 0) is 29.8 Å². The quantitative estimate of drug-likeness (QED) is 0.529. The highest BCUT2D eigenvalue weighted by Crippen LogP contribution is 2.27. The summed E-state index contributed by atoms with van der Waals surface area (Å²) in [7, 11) is 1.63. The van der Waals surface area contributed by atoms with Crippen LogP contribution in [0.25, 0.3) is 22.4 Å². The molecule has 0 amide bonds. The van der Waals surface area contributed by atoms with Crippen LogP contribution in [-0.2, 0) is 0 Å². The minimum Gasteiger partial charge on any atom is -0.497 e. The molecule has 5 nitrogen and oxygen atoms in total. The first kappa shape index (κ1) is 14.2. The molecule has 1 heterocycles. The molecule has 0 bridgehead atoms. The molecule has 1 aromatic heterocycles. The molecule has 0 aliphatic heterocycles. The van der Waals surface area contributed by atoms with Gasteiger partial charge in [0, 0.05) is 12.1 Å². The van der Waals surface area contributed by atoms with Gasteiger partial charge in [0.2, 0.25) is 0 Å². The summed E-state index contributed by atoms with van der Waals surface area (Å²) >= 11 is 1.43. The van der Waals surface area contributed by atoms with Crippen LogP contribution in [0.2, 0.25) is 0 Å². The summed E-state index contributed by atoms with van der Waals surface area (Å²) < 4.78 is 5.92. The van der Waals surface area contributed by atoms with E-state index < -0.39 is 4.92 Å². The fraction of sp³-hybridized carbons (Fsp3) is 0.0625. The van der Waals surface area contributed by atoms with Crippen molar-refractivity contribution < 1.29 is 9.66 Å². The van der Waals surface area contributed by atoms with E-state index in [2.05, 4.69) is 4.98 Å². The summed E-state index contributed by atoms with van der Waals surface area (Å²) in [6.07, 6.45) is 3.85. The monoisotopic (exact) mass is 312 g/mol. The predicted octanol–water partition coefficient (Wildman–Crippen LogP) is 4.38. The summed E-state index contributed by atoms with van der Waals surface area (Å²) in [4.78, 5) is 14.8. The Kier molecular flexibility index (Phi) is 3.84. The lowest BCUT2D eigenvalue weighted by atomic mass is 10.2. The highest BCUT2D eigenvalue weighted by molar-refractivity contribution is 7.19. The van der Waals surface area contributed by atoms with E-state index >= 15 is 0 Å². The van der Waals surface area contributed by atoms with E-state index in [1.165, 1.54) is 17.4 Å². The van der Waals surface area contributed by atoms with Crippen LogP contribution >= 0.6 is 11.3 Å². The Balaban J connectivity index is 1.86. The third-order valence-corrected chi connectivity index (χ3v) is 4.12. The maximum Gasteiger partial charge on any atom is 0.270 e. The smallest absolute Gasteiger partial charge is 0.270 e. The Hall–Kier alpha value is -2.73. The third-order valence-electron chi connectivity index (χ3n) is 3.13. The van der Waals surface area contributed by atoms with E-state index in [-0.39, 0.29) is 5.69 Å². The van der Waals surface area contributed by atoms with Crippen molar-refractivity contribution in [1.29, 1.82) is 0 Å². The third kappa shape index (κ3) is 2.96. The second-order valence-electron chi connectivity index (χ2n) is 4.57. The van der Waals surface area contributed by atoms with Gasteiger partial charge in [0.1, 0.15) is 10.8 Å². The second kappa shape index (κ2) is 5.95. The number of benzene rings is 2. The van der Waals surface area contributed by atoms with Gasteiger partial charge in [0.05, 0.1) is 22.2 Å². The largest absolute Gasteiger partial charge is 0.497 e. The predicted molar refractivity (Wildman–Crippen MR) is 88.2 cm³/mol. The molecule has 0 atom stereocenters. The summed E-state index contributed by atoms with van der Waals surface area (Å²) in [5, 5.41) is 11.6. The van der Waals surface area contributed by atoms with Crippen molar-refractivity contribution in [3.63, 3.8) is 0 Å². The van der Waals surface area contributed by atoms with Crippen molar-refractivity contribution in [2.45, 2.75) is 0 Å². The Bertz CT molecular complexity index is 853. The van der Waals surface area contributed by atoms with Gasteiger partial charge >= 0.3 is 0 Å². The van der Waals surface area contributed by atoms with Gasteiger partial charge in [-0.2, -0.15) is 0 Å². The highest BCUT2D eigenvalue weighted by atomic mass is 32.1. The van der Waals surface area contributed by atoms with E-state index in [1.54, 1.807) is 19.2 Å². The summed E-state index contributed by atoms with van der Waals surface area (Å²) in [6, 6.07) is 12.4. The average molecular weight is 312 g/mol. The molecular formula is C16H12N2O3S. The Morgan fingerprint density at radius 1 is 1.18 bits per heavy atom. The summed E-state index contributed by atoms with van der Waals surface area (Å²) in [6.45, 7) is 0. The molecule has 3 rings (SSSR count). The van der Waals surface area contributed by atoms with E-state index in [9.17, 15) is 10.1 Å². The second-order valence-corrected chi connectivity index (χ2v) is 5.63. The maximum atomic E-state index is 10.8. The number of rotatable bonds is 4. The van der Waals surface area contributed by atoms with Gasteiger partial charge in [0.15, 0.2) is 0 Å². The van der Waals surface area contributed by atoms with Gasteiger partial charge in [-0.15, -0.1) is 11.3 Å². The number of nitro groups is 1. The van der Waals surface area contributed by atoms with Crippen LogP contribution in [0.1, 0.15) is 10.6 Å². The minimum atomic E-state index is -0.397. The number of fused-ring (bicyclic) bond motifs is 1. The SMILES string of the molecule is COc1ccc(/C=C/c2nc3ccc([N+](=O)[O-])cc3s2)cc1. The number of thiazole rings is 1. The van der Waals surface area contributed by atoms with Crippen LogP contribution in [-0.4, -0.2) is 17.0 Å². The van der Waals surface area contributed by atoms with E-state index in [0.29, 0.717) is 0 Å². The fourth-order valence-corrected chi connectivity index (χ4v) is 2.90. The summed E-state index contributed by atoms with van der Waals surface area (Å²) in [5.41, 5.74) is 1.89. The Labute approximate surface area is 130 Å². The molecule has 110 valence electrons. The number of aromatic nitrogens is 1. The zero-order valence-corrected chi connectivity index (χ0v) is 12.5. The van der Waals surface area contributed by atoms with Crippen LogP contribution in [0.3, 0.4) is 0 Å². The highest BCUT2D eigenvalue weighted by Gasteiger charge is 2.09. The number of nitro benzene ring substituents is 1. The molecule has 0 saturated carbocycles.